The Bertz CT molecular complexity index is 753. The molecule has 0 saturated heterocycles. The SMILES string of the molecule is CC[C@@H](N)c1ccc(Cl)c(C(=O)c2ccc(C#N)nc2)c1F. The van der Waals surface area contributed by atoms with Crippen LogP contribution in [-0.4, -0.2) is 10.8 Å². The number of pyridine rings is 1. The number of hydrogen-bond acceptors (Lipinski definition) is 4. The summed E-state index contributed by atoms with van der Waals surface area (Å²) in [7, 11) is 0. The van der Waals surface area contributed by atoms with Gasteiger partial charge >= 0.3 is 0 Å². The van der Waals surface area contributed by atoms with Crippen LogP contribution in [0.2, 0.25) is 5.02 Å². The van der Waals surface area contributed by atoms with E-state index in [0.29, 0.717) is 6.42 Å². The third kappa shape index (κ3) is 2.98. The summed E-state index contributed by atoms with van der Waals surface area (Å²) in [6, 6.07) is 7.08. The lowest BCUT2D eigenvalue weighted by Gasteiger charge is -2.14. The molecule has 2 aromatic rings. The van der Waals surface area contributed by atoms with Gasteiger partial charge in [0.15, 0.2) is 5.78 Å². The van der Waals surface area contributed by atoms with Gasteiger partial charge in [0.1, 0.15) is 17.6 Å². The van der Waals surface area contributed by atoms with E-state index in [-0.39, 0.29) is 27.4 Å². The van der Waals surface area contributed by atoms with Gasteiger partial charge in [0.2, 0.25) is 0 Å². The number of nitrogens with zero attached hydrogens (tertiary/aromatic N) is 2. The molecule has 1 atom stereocenters. The van der Waals surface area contributed by atoms with Gasteiger partial charge in [0, 0.05) is 23.4 Å². The van der Waals surface area contributed by atoms with E-state index in [2.05, 4.69) is 4.98 Å². The van der Waals surface area contributed by atoms with Crippen LogP contribution in [0.4, 0.5) is 4.39 Å². The van der Waals surface area contributed by atoms with Crippen LogP contribution >= 0.6 is 11.6 Å². The van der Waals surface area contributed by atoms with Crippen molar-refractivity contribution in [3.8, 4) is 6.07 Å². The van der Waals surface area contributed by atoms with Gasteiger partial charge in [-0.3, -0.25) is 4.79 Å². The minimum absolute atomic E-state index is 0.0129. The molecule has 1 aromatic carbocycles. The summed E-state index contributed by atoms with van der Waals surface area (Å²) < 4.78 is 14.6. The summed E-state index contributed by atoms with van der Waals surface area (Å²) in [5, 5.41) is 8.72. The summed E-state index contributed by atoms with van der Waals surface area (Å²) in [5.41, 5.74) is 6.19. The molecule has 0 aliphatic rings. The zero-order valence-electron chi connectivity index (χ0n) is 11.8. The molecule has 0 fully saturated rings. The van der Waals surface area contributed by atoms with E-state index in [0.717, 1.165) is 0 Å². The number of rotatable bonds is 4. The van der Waals surface area contributed by atoms with E-state index in [1.165, 1.54) is 30.5 Å². The van der Waals surface area contributed by atoms with Crippen molar-refractivity contribution in [1.29, 1.82) is 5.26 Å². The van der Waals surface area contributed by atoms with Gasteiger partial charge in [-0.15, -0.1) is 0 Å². The molecule has 112 valence electrons. The standard InChI is InChI=1S/C16H13ClFN3O/c1-2-13(20)11-5-6-12(17)14(15(11)18)16(22)9-3-4-10(7-19)21-8-9/h3-6,8,13H,2,20H2,1H3/t13-/m1/s1. The Morgan fingerprint density at radius 1 is 1.45 bits per heavy atom. The van der Waals surface area contributed by atoms with Crippen molar-refractivity contribution in [3.05, 3.63) is 63.7 Å². The normalized spacial score (nSPS) is 11.8. The van der Waals surface area contributed by atoms with Gasteiger partial charge in [-0.05, 0) is 24.6 Å². The van der Waals surface area contributed by atoms with Gasteiger partial charge in [0.05, 0.1) is 10.6 Å². The molecule has 2 N–H and O–H groups in total. The topological polar surface area (TPSA) is 79.8 Å². The summed E-state index contributed by atoms with van der Waals surface area (Å²) in [6.07, 6.45) is 1.76. The van der Waals surface area contributed by atoms with Crippen LogP contribution in [0.3, 0.4) is 0 Å². The second kappa shape index (κ2) is 6.65. The number of aromatic nitrogens is 1. The first-order chi connectivity index (χ1) is 10.5. The van der Waals surface area contributed by atoms with Crippen molar-refractivity contribution < 1.29 is 9.18 Å². The predicted molar refractivity (Wildman–Crippen MR) is 81.0 cm³/mol. The van der Waals surface area contributed by atoms with Gasteiger partial charge in [-0.25, -0.2) is 9.37 Å². The zero-order valence-corrected chi connectivity index (χ0v) is 12.6. The Kier molecular flexibility index (Phi) is 4.86. The van der Waals surface area contributed by atoms with E-state index in [1.54, 1.807) is 0 Å². The smallest absolute Gasteiger partial charge is 0.199 e. The minimum atomic E-state index is -0.712. The van der Waals surface area contributed by atoms with Crippen molar-refractivity contribution >= 4 is 17.4 Å². The van der Waals surface area contributed by atoms with Crippen LogP contribution in [0, 0.1) is 17.1 Å². The molecule has 0 radical (unpaired) electrons. The van der Waals surface area contributed by atoms with Crippen LogP contribution in [0.1, 0.15) is 46.6 Å². The number of nitrogens with two attached hydrogens (primary N) is 1. The van der Waals surface area contributed by atoms with Crippen LogP contribution in [0.15, 0.2) is 30.5 Å². The van der Waals surface area contributed by atoms with Crippen LogP contribution in [0.25, 0.3) is 0 Å². The number of nitriles is 1. The summed E-state index contributed by atoms with van der Waals surface area (Å²) in [5.74, 6) is -1.30. The number of halogens is 2. The second-order valence-electron chi connectivity index (χ2n) is 4.71. The molecule has 22 heavy (non-hydrogen) atoms. The maximum absolute atomic E-state index is 14.6. The van der Waals surface area contributed by atoms with Crippen LogP contribution < -0.4 is 5.73 Å². The molecule has 4 nitrogen and oxygen atoms in total. The molecular formula is C16H13ClFN3O. The number of carbonyl (C=O) groups excluding carboxylic acids is 1. The first-order valence-corrected chi connectivity index (χ1v) is 7.01. The van der Waals surface area contributed by atoms with E-state index in [4.69, 9.17) is 22.6 Å². The molecule has 1 aromatic heterocycles. The summed E-state index contributed by atoms with van der Waals surface area (Å²) in [6.45, 7) is 1.82. The first kappa shape index (κ1) is 16.1. The fourth-order valence-electron chi connectivity index (χ4n) is 2.02. The lowest BCUT2D eigenvalue weighted by molar-refractivity contribution is 0.103. The third-order valence-electron chi connectivity index (χ3n) is 3.33. The lowest BCUT2D eigenvalue weighted by Crippen LogP contribution is -2.15. The van der Waals surface area contributed by atoms with Gasteiger partial charge in [0.25, 0.3) is 0 Å². The minimum Gasteiger partial charge on any atom is -0.324 e. The monoisotopic (exact) mass is 317 g/mol. The Hall–Kier alpha value is -2.29. The maximum Gasteiger partial charge on any atom is 0.199 e. The third-order valence-corrected chi connectivity index (χ3v) is 3.64. The average molecular weight is 318 g/mol. The molecule has 0 spiro atoms. The van der Waals surface area contributed by atoms with Crippen molar-refractivity contribution in [3.63, 3.8) is 0 Å². The molecular weight excluding hydrogens is 305 g/mol. The van der Waals surface area contributed by atoms with Gasteiger partial charge in [-0.1, -0.05) is 24.6 Å². The fraction of sp³-hybridized carbons (Fsp3) is 0.188. The van der Waals surface area contributed by atoms with Crippen LogP contribution in [-0.2, 0) is 0 Å². The highest BCUT2D eigenvalue weighted by atomic mass is 35.5. The average Bonchev–Trinajstić information content (AvgIpc) is 2.54. The molecule has 0 saturated carbocycles. The molecule has 0 aliphatic heterocycles. The lowest BCUT2D eigenvalue weighted by atomic mass is 9.97. The number of carbonyl (C=O) groups is 1. The van der Waals surface area contributed by atoms with Crippen LogP contribution in [0.5, 0.6) is 0 Å². The Labute approximate surface area is 132 Å². The number of hydrogen-bond donors (Lipinski definition) is 1. The zero-order chi connectivity index (χ0) is 16.3. The van der Waals surface area contributed by atoms with Gasteiger partial charge in [-0.2, -0.15) is 5.26 Å². The van der Waals surface area contributed by atoms with Crippen molar-refractivity contribution in [2.24, 2.45) is 5.73 Å². The highest BCUT2D eigenvalue weighted by molar-refractivity contribution is 6.35. The van der Waals surface area contributed by atoms with E-state index in [1.807, 2.05) is 13.0 Å². The van der Waals surface area contributed by atoms with Crippen molar-refractivity contribution in [2.45, 2.75) is 19.4 Å². The molecule has 0 amide bonds. The van der Waals surface area contributed by atoms with Crippen molar-refractivity contribution in [2.75, 3.05) is 0 Å². The Balaban J connectivity index is 2.51. The molecule has 0 bridgehead atoms. The number of ketones is 1. The Morgan fingerprint density at radius 2 is 2.18 bits per heavy atom. The molecule has 0 unspecified atom stereocenters. The highest BCUT2D eigenvalue weighted by Crippen LogP contribution is 2.28. The molecule has 2 rings (SSSR count). The Morgan fingerprint density at radius 3 is 2.73 bits per heavy atom. The van der Waals surface area contributed by atoms with E-state index in [9.17, 15) is 9.18 Å². The largest absolute Gasteiger partial charge is 0.324 e. The first-order valence-electron chi connectivity index (χ1n) is 6.63. The molecule has 1 heterocycles. The summed E-state index contributed by atoms with van der Waals surface area (Å²) >= 11 is 5.98. The van der Waals surface area contributed by atoms with E-state index >= 15 is 0 Å². The fourth-order valence-corrected chi connectivity index (χ4v) is 2.25. The second-order valence-corrected chi connectivity index (χ2v) is 5.12. The quantitative estimate of drug-likeness (QED) is 0.876. The summed E-state index contributed by atoms with van der Waals surface area (Å²) in [4.78, 5) is 16.3. The molecule has 6 heteroatoms. The van der Waals surface area contributed by atoms with Gasteiger partial charge < -0.3 is 5.73 Å². The highest BCUT2D eigenvalue weighted by Gasteiger charge is 2.22. The molecule has 0 aliphatic carbocycles. The number of benzene rings is 1. The predicted octanol–water partition coefficient (Wildman–Crippen LogP) is 3.39. The van der Waals surface area contributed by atoms with Crippen molar-refractivity contribution in [1.82, 2.24) is 4.98 Å². The van der Waals surface area contributed by atoms with E-state index < -0.39 is 17.6 Å². The maximum atomic E-state index is 14.6.